The van der Waals surface area contributed by atoms with E-state index in [2.05, 4.69) is 15.4 Å². The number of carbonyl (C=O) groups is 1. The number of rotatable bonds is 5. The van der Waals surface area contributed by atoms with E-state index in [0.29, 0.717) is 12.8 Å². The lowest BCUT2D eigenvalue weighted by atomic mass is 10.1. The molecule has 2 aromatic heterocycles. The molecule has 1 fully saturated rings. The fraction of sp³-hybridized carbons (Fsp3) is 0.562. The first kappa shape index (κ1) is 15.7. The molecule has 7 nitrogen and oxygen atoms in total. The summed E-state index contributed by atoms with van der Waals surface area (Å²) in [5.74, 6) is -0.0245. The summed E-state index contributed by atoms with van der Waals surface area (Å²) in [5.41, 5.74) is 2.05. The Kier molecular flexibility index (Phi) is 4.47. The van der Waals surface area contributed by atoms with Crippen molar-refractivity contribution in [2.75, 3.05) is 0 Å². The molecule has 1 aliphatic rings. The number of hydrogen-bond donors (Lipinski definition) is 2. The molecule has 0 aromatic carbocycles. The second kappa shape index (κ2) is 6.54. The van der Waals surface area contributed by atoms with E-state index in [4.69, 9.17) is 0 Å². The standard InChI is InChI=1S/C16H23N5O2/c1-11-12(9-20(2)19-11)3-6-15(22)18-13-4-5-14(16(13)23)21-8-7-17-10-21/h7-10,13-14,16,23H,3-6H2,1-2H3,(H,18,22)/t13-,14-,16-/m1/s1. The molecule has 0 saturated heterocycles. The van der Waals surface area contributed by atoms with E-state index in [9.17, 15) is 9.90 Å². The van der Waals surface area contributed by atoms with Crippen molar-refractivity contribution in [3.05, 3.63) is 36.2 Å². The monoisotopic (exact) mass is 317 g/mol. The Balaban J connectivity index is 1.51. The van der Waals surface area contributed by atoms with Crippen molar-refractivity contribution < 1.29 is 9.90 Å². The maximum atomic E-state index is 12.2. The Morgan fingerprint density at radius 1 is 1.48 bits per heavy atom. The van der Waals surface area contributed by atoms with Crippen molar-refractivity contribution in [2.45, 2.75) is 50.8 Å². The zero-order valence-corrected chi connectivity index (χ0v) is 13.5. The van der Waals surface area contributed by atoms with Gasteiger partial charge in [-0.15, -0.1) is 0 Å². The van der Waals surface area contributed by atoms with Crippen LogP contribution in [0.1, 0.15) is 36.6 Å². The van der Waals surface area contributed by atoms with E-state index in [-0.39, 0.29) is 18.0 Å². The molecule has 2 heterocycles. The first-order chi connectivity index (χ1) is 11.0. The number of aryl methyl sites for hydroxylation is 3. The molecule has 3 atom stereocenters. The van der Waals surface area contributed by atoms with Crippen LogP contribution < -0.4 is 5.32 Å². The van der Waals surface area contributed by atoms with Gasteiger partial charge < -0.3 is 15.0 Å². The number of imidazole rings is 1. The normalized spacial score (nSPS) is 24.0. The fourth-order valence-corrected chi connectivity index (χ4v) is 3.33. The molecule has 0 unspecified atom stereocenters. The van der Waals surface area contributed by atoms with E-state index < -0.39 is 6.10 Å². The second-order valence-corrected chi connectivity index (χ2v) is 6.23. The summed E-state index contributed by atoms with van der Waals surface area (Å²) >= 11 is 0. The summed E-state index contributed by atoms with van der Waals surface area (Å²) < 4.78 is 3.68. The number of aromatic nitrogens is 4. The summed E-state index contributed by atoms with van der Waals surface area (Å²) in [5, 5.41) is 17.7. The number of amides is 1. The van der Waals surface area contributed by atoms with Crippen molar-refractivity contribution >= 4 is 5.91 Å². The Labute approximate surface area is 135 Å². The second-order valence-electron chi connectivity index (χ2n) is 6.23. The smallest absolute Gasteiger partial charge is 0.220 e. The van der Waals surface area contributed by atoms with Gasteiger partial charge in [-0.1, -0.05) is 0 Å². The lowest BCUT2D eigenvalue weighted by Gasteiger charge is -2.21. The maximum absolute atomic E-state index is 12.2. The molecule has 1 aliphatic carbocycles. The highest BCUT2D eigenvalue weighted by Crippen LogP contribution is 2.30. The summed E-state index contributed by atoms with van der Waals surface area (Å²) in [4.78, 5) is 16.2. The molecular formula is C16H23N5O2. The number of aliphatic hydroxyl groups excluding tert-OH is 1. The van der Waals surface area contributed by atoms with Gasteiger partial charge in [0.05, 0.1) is 30.2 Å². The van der Waals surface area contributed by atoms with Crippen LogP contribution in [0.2, 0.25) is 0 Å². The van der Waals surface area contributed by atoms with E-state index in [0.717, 1.165) is 24.1 Å². The minimum absolute atomic E-state index is 0.0108. The highest BCUT2D eigenvalue weighted by Gasteiger charge is 2.36. The molecule has 0 radical (unpaired) electrons. The first-order valence-electron chi connectivity index (χ1n) is 7.98. The molecule has 2 N–H and O–H groups in total. The van der Waals surface area contributed by atoms with Crippen molar-refractivity contribution in [3.63, 3.8) is 0 Å². The van der Waals surface area contributed by atoms with Crippen LogP contribution in [0.5, 0.6) is 0 Å². The zero-order valence-electron chi connectivity index (χ0n) is 13.5. The largest absolute Gasteiger partial charge is 0.389 e. The number of nitrogens with zero attached hydrogens (tertiary/aromatic N) is 4. The predicted octanol–water partition coefficient (Wildman–Crippen LogP) is 0.738. The minimum Gasteiger partial charge on any atom is -0.389 e. The van der Waals surface area contributed by atoms with Crippen molar-refractivity contribution in [1.82, 2.24) is 24.6 Å². The third-order valence-electron chi connectivity index (χ3n) is 4.57. The fourth-order valence-electron chi connectivity index (χ4n) is 3.33. The summed E-state index contributed by atoms with van der Waals surface area (Å²) in [6, 6.07) is -0.201. The maximum Gasteiger partial charge on any atom is 0.220 e. The van der Waals surface area contributed by atoms with Gasteiger partial charge in [0.15, 0.2) is 0 Å². The van der Waals surface area contributed by atoms with Gasteiger partial charge in [0, 0.05) is 32.1 Å². The molecule has 23 heavy (non-hydrogen) atoms. The Bertz CT molecular complexity index is 664. The Hall–Kier alpha value is -2.15. The highest BCUT2D eigenvalue weighted by atomic mass is 16.3. The SMILES string of the molecule is Cc1nn(C)cc1CCC(=O)N[C@@H]1CC[C@@H](n2ccnc2)[C@@H]1O. The quantitative estimate of drug-likeness (QED) is 0.852. The molecule has 0 spiro atoms. The van der Waals surface area contributed by atoms with Crippen molar-refractivity contribution in [1.29, 1.82) is 0 Å². The topological polar surface area (TPSA) is 85.0 Å². The predicted molar refractivity (Wildman–Crippen MR) is 84.7 cm³/mol. The van der Waals surface area contributed by atoms with Crippen LogP contribution >= 0.6 is 0 Å². The average Bonchev–Trinajstić information content (AvgIpc) is 3.20. The lowest BCUT2D eigenvalue weighted by Crippen LogP contribution is -2.42. The molecule has 124 valence electrons. The molecule has 0 bridgehead atoms. The van der Waals surface area contributed by atoms with Gasteiger partial charge in [-0.3, -0.25) is 9.48 Å². The van der Waals surface area contributed by atoms with Gasteiger partial charge in [0.1, 0.15) is 0 Å². The van der Waals surface area contributed by atoms with Crippen LogP contribution in [0.4, 0.5) is 0 Å². The van der Waals surface area contributed by atoms with E-state index in [1.54, 1.807) is 17.2 Å². The van der Waals surface area contributed by atoms with Crippen LogP contribution in [-0.2, 0) is 18.3 Å². The average molecular weight is 317 g/mol. The number of aliphatic hydroxyl groups is 1. The van der Waals surface area contributed by atoms with Gasteiger partial charge in [0.2, 0.25) is 5.91 Å². The molecule has 0 aliphatic heterocycles. The number of carbonyl (C=O) groups excluding carboxylic acids is 1. The summed E-state index contributed by atoms with van der Waals surface area (Å²) in [7, 11) is 1.88. The first-order valence-corrected chi connectivity index (χ1v) is 7.98. The molecule has 1 saturated carbocycles. The number of hydrogen-bond acceptors (Lipinski definition) is 4. The van der Waals surface area contributed by atoms with Gasteiger partial charge in [-0.2, -0.15) is 5.10 Å². The van der Waals surface area contributed by atoms with Gasteiger partial charge in [-0.05, 0) is 31.7 Å². The third kappa shape index (κ3) is 3.44. The number of nitrogens with one attached hydrogen (secondary N) is 1. The molecule has 7 heteroatoms. The van der Waals surface area contributed by atoms with Gasteiger partial charge in [-0.25, -0.2) is 4.98 Å². The third-order valence-corrected chi connectivity index (χ3v) is 4.57. The minimum atomic E-state index is -0.576. The van der Waals surface area contributed by atoms with E-state index in [1.165, 1.54) is 0 Å². The van der Waals surface area contributed by atoms with Gasteiger partial charge >= 0.3 is 0 Å². The zero-order chi connectivity index (χ0) is 16.4. The van der Waals surface area contributed by atoms with Crippen LogP contribution in [-0.4, -0.2) is 42.5 Å². The Morgan fingerprint density at radius 2 is 2.30 bits per heavy atom. The van der Waals surface area contributed by atoms with E-state index in [1.807, 2.05) is 30.9 Å². The Morgan fingerprint density at radius 3 is 2.96 bits per heavy atom. The van der Waals surface area contributed by atoms with Crippen LogP contribution in [0, 0.1) is 6.92 Å². The van der Waals surface area contributed by atoms with Crippen molar-refractivity contribution in [3.8, 4) is 0 Å². The highest BCUT2D eigenvalue weighted by molar-refractivity contribution is 5.76. The lowest BCUT2D eigenvalue weighted by molar-refractivity contribution is -0.122. The summed E-state index contributed by atoms with van der Waals surface area (Å²) in [6.45, 7) is 1.95. The molecule has 2 aromatic rings. The molecule has 3 rings (SSSR count). The van der Waals surface area contributed by atoms with Gasteiger partial charge in [0.25, 0.3) is 0 Å². The van der Waals surface area contributed by atoms with Crippen LogP contribution in [0.15, 0.2) is 24.9 Å². The van der Waals surface area contributed by atoms with Crippen molar-refractivity contribution in [2.24, 2.45) is 7.05 Å². The van der Waals surface area contributed by atoms with Crippen LogP contribution in [0.25, 0.3) is 0 Å². The molecular weight excluding hydrogens is 294 g/mol. The van der Waals surface area contributed by atoms with E-state index >= 15 is 0 Å². The summed E-state index contributed by atoms with van der Waals surface area (Å²) in [6.07, 6.45) is 9.33. The van der Waals surface area contributed by atoms with Crippen LogP contribution in [0.3, 0.4) is 0 Å². The molecule has 1 amide bonds.